The Bertz CT molecular complexity index is 1630. The maximum Gasteiger partial charge on any atom is 0.322 e. The molecule has 3 aromatic rings. The number of pyridine rings is 1. The Morgan fingerprint density at radius 2 is 1.81 bits per heavy atom. The summed E-state index contributed by atoms with van der Waals surface area (Å²) in [5, 5.41) is 15.4. The standard InChI is InChI=1S/C32H36N4O6S/c1-31(2)24-13-14-32(31,28(37)18-24)20-43(41,42)36-27(29(38)39)16-21-9-11-22(12-10-21)23-6-5-8-25(17-23)35-30(40)34-19-26-7-3-4-15-33-26/h3-12,15,17,24,27,36H,13-14,16,18-20H2,1-2H3,(H,38,39)(H2,34,35,40)/t24?,27-,32?/m0/s1. The van der Waals surface area contributed by atoms with Gasteiger partial charge in [-0.2, -0.15) is 0 Å². The second kappa shape index (κ2) is 11.9. The van der Waals surface area contributed by atoms with E-state index in [0.717, 1.165) is 23.2 Å². The molecular formula is C32H36N4O6S. The number of nitrogens with zero attached hydrogens (tertiary/aromatic N) is 1. The number of aromatic nitrogens is 1. The van der Waals surface area contributed by atoms with E-state index in [4.69, 9.17) is 0 Å². The molecule has 2 saturated carbocycles. The van der Waals surface area contributed by atoms with Gasteiger partial charge in [0.25, 0.3) is 0 Å². The molecule has 0 spiro atoms. The van der Waals surface area contributed by atoms with E-state index in [1.807, 2.05) is 56.3 Å². The number of nitrogens with one attached hydrogen (secondary N) is 3. The fraction of sp³-hybridized carbons (Fsp3) is 0.375. The van der Waals surface area contributed by atoms with Crippen LogP contribution in [0.1, 0.15) is 44.4 Å². The SMILES string of the molecule is CC1(C)C2CCC1(CS(=O)(=O)N[C@@H](Cc1ccc(-c3cccc(NC(=O)NCc4ccccn4)c3)cc1)C(=O)O)C(=O)C2. The number of carboxylic acids is 1. The van der Waals surface area contributed by atoms with Crippen molar-refractivity contribution in [3.63, 3.8) is 0 Å². The molecule has 1 aromatic heterocycles. The summed E-state index contributed by atoms with van der Waals surface area (Å²) in [6, 6.07) is 18.2. The highest BCUT2D eigenvalue weighted by atomic mass is 32.2. The number of hydrogen-bond donors (Lipinski definition) is 4. The van der Waals surface area contributed by atoms with E-state index in [2.05, 4.69) is 20.3 Å². The highest BCUT2D eigenvalue weighted by molar-refractivity contribution is 7.89. The third-order valence-electron chi connectivity index (χ3n) is 9.20. The molecule has 2 unspecified atom stereocenters. The van der Waals surface area contributed by atoms with Crippen molar-refractivity contribution in [1.82, 2.24) is 15.0 Å². The van der Waals surface area contributed by atoms with Gasteiger partial charge >= 0.3 is 12.0 Å². The topological polar surface area (TPSA) is 155 Å². The Hall–Kier alpha value is -4.09. The van der Waals surface area contributed by atoms with E-state index in [9.17, 15) is 27.9 Å². The normalized spacial score (nSPS) is 21.3. The summed E-state index contributed by atoms with van der Waals surface area (Å²) in [5.41, 5.74) is 2.23. The summed E-state index contributed by atoms with van der Waals surface area (Å²) in [4.78, 5) is 41.4. The van der Waals surface area contributed by atoms with E-state index in [0.29, 0.717) is 30.6 Å². The Labute approximate surface area is 251 Å². The van der Waals surface area contributed by atoms with Crippen molar-refractivity contribution in [1.29, 1.82) is 0 Å². The maximum atomic E-state index is 13.2. The van der Waals surface area contributed by atoms with Gasteiger partial charge in [-0.1, -0.05) is 56.3 Å². The first-order valence-electron chi connectivity index (χ1n) is 14.3. The molecule has 11 heteroatoms. The van der Waals surface area contributed by atoms with Gasteiger partial charge in [0, 0.05) is 23.7 Å². The van der Waals surface area contributed by atoms with Crippen LogP contribution in [0, 0.1) is 16.7 Å². The molecule has 2 aliphatic rings. The fourth-order valence-corrected chi connectivity index (χ4v) is 8.59. The third-order valence-corrected chi connectivity index (χ3v) is 10.7. The van der Waals surface area contributed by atoms with Crippen molar-refractivity contribution >= 4 is 33.5 Å². The molecule has 0 aliphatic heterocycles. The number of carbonyl (C=O) groups is 3. The highest BCUT2D eigenvalue weighted by Gasteiger charge is 2.65. The number of benzene rings is 2. The molecule has 43 heavy (non-hydrogen) atoms. The van der Waals surface area contributed by atoms with Gasteiger partial charge in [0.2, 0.25) is 10.0 Å². The van der Waals surface area contributed by atoms with Crippen molar-refractivity contribution in [3.8, 4) is 11.1 Å². The zero-order valence-electron chi connectivity index (χ0n) is 24.2. The van der Waals surface area contributed by atoms with Crippen LogP contribution in [-0.2, 0) is 32.6 Å². The van der Waals surface area contributed by atoms with Crippen LogP contribution in [0.2, 0.25) is 0 Å². The number of aliphatic carboxylic acids is 1. The van der Waals surface area contributed by atoms with Crippen LogP contribution >= 0.6 is 0 Å². The summed E-state index contributed by atoms with van der Waals surface area (Å²) in [5.74, 6) is -1.55. The Balaban J connectivity index is 1.21. The van der Waals surface area contributed by atoms with Gasteiger partial charge in [-0.15, -0.1) is 0 Å². The van der Waals surface area contributed by atoms with Gasteiger partial charge in [0.05, 0.1) is 18.0 Å². The predicted octanol–water partition coefficient (Wildman–Crippen LogP) is 4.38. The van der Waals surface area contributed by atoms with Gasteiger partial charge in [-0.05, 0) is 71.6 Å². The molecule has 226 valence electrons. The molecule has 2 aromatic carbocycles. The van der Waals surface area contributed by atoms with Crippen LogP contribution in [0.5, 0.6) is 0 Å². The monoisotopic (exact) mass is 604 g/mol. The molecule has 2 amide bonds. The number of sulfonamides is 1. The Morgan fingerprint density at radius 1 is 1.05 bits per heavy atom. The van der Waals surface area contributed by atoms with Crippen LogP contribution in [0.3, 0.4) is 0 Å². The number of amides is 2. The van der Waals surface area contributed by atoms with E-state index in [-0.39, 0.29) is 24.2 Å². The number of Topliss-reactive ketones (excluding diaryl/α,β-unsaturated/α-hetero) is 1. The van der Waals surface area contributed by atoms with E-state index < -0.39 is 38.6 Å². The highest BCUT2D eigenvalue weighted by Crippen LogP contribution is 2.64. The number of fused-ring (bicyclic) bond motifs is 2. The lowest BCUT2D eigenvalue weighted by molar-refractivity contribution is -0.138. The number of rotatable bonds is 11. The van der Waals surface area contributed by atoms with Gasteiger partial charge in [0.1, 0.15) is 11.8 Å². The second-order valence-electron chi connectivity index (χ2n) is 12.0. The second-order valence-corrected chi connectivity index (χ2v) is 13.8. The van der Waals surface area contributed by atoms with Crippen LogP contribution in [0.25, 0.3) is 11.1 Å². The van der Waals surface area contributed by atoms with Crippen molar-refractivity contribution in [2.75, 3.05) is 11.1 Å². The molecule has 2 bridgehead atoms. The predicted molar refractivity (Wildman–Crippen MR) is 163 cm³/mol. The lowest BCUT2D eigenvalue weighted by Gasteiger charge is -2.36. The minimum absolute atomic E-state index is 0.0361. The smallest absolute Gasteiger partial charge is 0.322 e. The fourth-order valence-electron chi connectivity index (χ4n) is 6.56. The molecule has 5 rings (SSSR count). The van der Waals surface area contributed by atoms with Crippen molar-refractivity contribution in [2.24, 2.45) is 16.7 Å². The number of hydrogen-bond acceptors (Lipinski definition) is 6. The molecule has 3 atom stereocenters. The summed E-state index contributed by atoms with van der Waals surface area (Å²) < 4.78 is 28.8. The first-order chi connectivity index (χ1) is 20.4. The average Bonchev–Trinajstić information content (AvgIpc) is 3.31. The van der Waals surface area contributed by atoms with E-state index in [1.54, 1.807) is 30.5 Å². The molecular weight excluding hydrogens is 568 g/mol. The average molecular weight is 605 g/mol. The number of carboxylic acid groups (broad SMARTS) is 1. The summed E-state index contributed by atoms with van der Waals surface area (Å²) >= 11 is 0. The molecule has 10 nitrogen and oxygen atoms in total. The minimum Gasteiger partial charge on any atom is -0.480 e. The van der Waals surface area contributed by atoms with Crippen molar-refractivity contribution < 1.29 is 27.9 Å². The summed E-state index contributed by atoms with van der Waals surface area (Å²) in [7, 11) is -4.06. The van der Waals surface area contributed by atoms with E-state index >= 15 is 0 Å². The van der Waals surface area contributed by atoms with Crippen LogP contribution in [-0.4, -0.2) is 48.1 Å². The maximum absolute atomic E-state index is 13.2. The van der Waals surface area contributed by atoms with Gasteiger partial charge < -0.3 is 15.7 Å². The Kier molecular flexibility index (Phi) is 8.40. The molecule has 0 radical (unpaired) electrons. The minimum atomic E-state index is -4.06. The van der Waals surface area contributed by atoms with Gasteiger partial charge in [0.15, 0.2) is 0 Å². The molecule has 4 N–H and O–H groups in total. The number of urea groups is 1. The van der Waals surface area contributed by atoms with Gasteiger partial charge in [-0.3, -0.25) is 14.6 Å². The first kappa shape index (κ1) is 30.4. The molecule has 0 saturated heterocycles. The van der Waals surface area contributed by atoms with Crippen molar-refractivity contribution in [2.45, 2.75) is 52.1 Å². The number of ketones is 1. The first-order valence-corrected chi connectivity index (χ1v) is 15.9. The largest absolute Gasteiger partial charge is 0.480 e. The van der Waals surface area contributed by atoms with Crippen molar-refractivity contribution in [3.05, 3.63) is 84.2 Å². The summed E-state index contributed by atoms with van der Waals surface area (Å²) in [6.45, 7) is 4.19. The Morgan fingerprint density at radius 3 is 2.44 bits per heavy atom. The number of carbonyl (C=O) groups excluding carboxylic acids is 2. The lowest BCUT2D eigenvalue weighted by atomic mass is 9.70. The van der Waals surface area contributed by atoms with Crippen LogP contribution in [0.15, 0.2) is 72.9 Å². The summed E-state index contributed by atoms with van der Waals surface area (Å²) in [6.07, 6.45) is 3.31. The number of anilines is 1. The van der Waals surface area contributed by atoms with E-state index in [1.165, 1.54) is 0 Å². The lowest BCUT2D eigenvalue weighted by Crippen LogP contribution is -2.49. The molecule has 2 aliphatic carbocycles. The third kappa shape index (κ3) is 6.47. The van der Waals surface area contributed by atoms with Gasteiger partial charge in [-0.25, -0.2) is 17.9 Å². The molecule has 1 heterocycles. The van der Waals surface area contributed by atoms with Crippen LogP contribution < -0.4 is 15.4 Å². The zero-order valence-corrected chi connectivity index (χ0v) is 25.0. The molecule has 2 fully saturated rings. The zero-order chi connectivity index (χ0) is 30.8. The van der Waals surface area contributed by atoms with Crippen LogP contribution in [0.4, 0.5) is 10.5 Å². The quantitative estimate of drug-likeness (QED) is 0.253.